The second-order valence-corrected chi connectivity index (χ2v) is 12.4. The molecule has 0 aliphatic rings. The summed E-state index contributed by atoms with van der Waals surface area (Å²) in [5.74, 6) is 0. The Morgan fingerprint density at radius 2 is 1.05 bits per heavy atom. The van der Waals surface area contributed by atoms with Gasteiger partial charge in [0.15, 0.2) is 0 Å². The lowest BCUT2D eigenvalue weighted by Gasteiger charge is -2.29. The molecule has 0 spiro atoms. The van der Waals surface area contributed by atoms with E-state index in [0.29, 0.717) is 5.16 Å². The monoisotopic (exact) mass is 306 g/mol. The van der Waals surface area contributed by atoms with Crippen molar-refractivity contribution in [1.29, 1.82) is 0 Å². The third-order valence-electron chi connectivity index (χ3n) is 2.41. The molecule has 0 saturated carbocycles. The second kappa shape index (κ2) is 6.83. The third kappa shape index (κ3) is 4.87. The summed E-state index contributed by atoms with van der Waals surface area (Å²) in [5, 5.41) is 0.316. The standard InChI is InChI=1S/C16H19PS2/c1-16(2,3)17(18-14-10-6-4-7-11-14)19-15-12-8-5-9-13-15/h4-13H,1-3H3. The first-order chi connectivity index (χ1) is 9.05. The van der Waals surface area contributed by atoms with E-state index in [1.165, 1.54) is 9.79 Å². The Hall–Kier alpha value is -0.430. The maximum Gasteiger partial charge on any atom is 0.0286 e. The minimum Gasteiger partial charge on any atom is -0.0863 e. The summed E-state index contributed by atoms with van der Waals surface area (Å²) in [4.78, 5) is 2.74. The molecule has 0 aliphatic heterocycles. The molecule has 2 rings (SSSR count). The first-order valence-electron chi connectivity index (χ1n) is 6.32. The smallest absolute Gasteiger partial charge is 0.0286 e. The molecular weight excluding hydrogens is 287 g/mol. The number of hydrogen-bond donors (Lipinski definition) is 0. The molecule has 2 aromatic carbocycles. The Kier molecular flexibility index (Phi) is 5.38. The van der Waals surface area contributed by atoms with Gasteiger partial charge in [0.25, 0.3) is 0 Å². The van der Waals surface area contributed by atoms with Crippen LogP contribution in [0.25, 0.3) is 0 Å². The van der Waals surface area contributed by atoms with E-state index < -0.39 is 0 Å². The Morgan fingerprint density at radius 1 is 0.684 bits per heavy atom. The predicted octanol–water partition coefficient (Wildman–Crippen LogP) is 6.68. The molecule has 0 N–H and O–H groups in total. The largest absolute Gasteiger partial charge is 0.0863 e. The molecule has 0 radical (unpaired) electrons. The van der Waals surface area contributed by atoms with Gasteiger partial charge in [0.05, 0.1) is 0 Å². The van der Waals surface area contributed by atoms with Crippen LogP contribution in [-0.2, 0) is 0 Å². The highest BCUT2D eigenvalue weighted by Gasteiger charge is 2.26. The fourth-order valence-corrected chi connectivity index (χ4v) is 8.49. The second-order valence-electron chi connectivity index (χ2n) is 5.24. The van der Waals surface area contributed by atoms with Crippen LogP contribution in [0.4, 0.5) is 0 Å². The van der Waals surface area contributed by atoms with E-state index in [9.17, 15) is 0 Å². The lowest BCUT2D eigenvalue weighted by atomic mass is 10.3. The zero-order valence-electron chi connectivity index (χ0n) is 11.5. The molecule has 2 aromatic rings. The number of benzene rings is 2. The van der Waals surface area contributed by atoms with E-state index in [-0.39, 0.29) is 6.33 Å². The van der Waals surface area contributed by atoms with Crippen molar-refractivity contribution >= 4 is 29.1 Å². The Bertz CT molecular complexity index is 450. The van der Waals surface area contributed by atoms with Crippen molar-refractivity contribution in [2.75, 3.05) is 0 Å². The van der Waals surface area contributed by atoms with E-state index >= 15 is 0 Å². The first kappa shape index (κ1) is 15.0. The molecular formula is C16H19PS2. The summed E-state index contributed by atoms with van der Waals surface area (Å²) < 4.78 is 0. The van der Waals surface area contributed by atoms with Crippen molar-refractivity contribution in [1.82, 2.24) is 0 Å². The van der Waals surface area contributed by atoms with Crippen molar-refractivity contribution in [2.45, 2.75) is 35.7 Å². The van der Waals surface area contributed by atoms with Gasteiger partial charge < -0.3 is 0 Å². The van der Waals surface area contributed by atoms with Crippen LogP contribution in [0.5, 0.6) is 0 Å². The van der Waals surface area contributed by atoms with Gasteiger partial charge in [-0.2, -0.15) is 0 Å². The van der Waals surface area contributed by atoms with E-state index in [1.807, 2.05) is 22.8 Å². The fraction of sp³-hybridized carbons (Fsp3) is 0.250. The first-order valence-corrected chi connectivity index (χ1v) is 10.5. The minimum atomic E-state index is -0.221. The lowest BCUT2D eigenvalue weighted by molar-refractivity contribution is 0.800. The molecule has 0 amide bonds. The fourth-order valence-electron chi connectivity index (χ4n) is 1.45. The third-order valence-corrected chi connectivity index (χ3v) is 11.7. The van der Waals surface area contributed by atoms with Gasteiger partial charge in [-0.15, -0.1) is 0 Å². The van der Waals surface area contributed by atoms with Crippen LogP contribution >= 0.6 is 29.1 Å². The lowest BCUT2D eigenvalue weighted by Crippen LogP contribution is -2.07. The van der Waals surface area contributed by atoms with Gasteiger partial charge in [0.1, 0.15) is 0 Å². The van der Waals surface area contributed by atoms with Gasteiger partial charge in [0.2, 0.25) is 0 Å². The molecule has 0 saturated heterocycles. The molecule has 0 unspecified atom stereocenters. The minimum absolute atomic E-state index is 0.221. The quantitative estimate of drug-likeness (QED) is 0.578. The summed E-state index contributed by atoms with van der Waals surface area (Å²) in [6, 6.07) is 21.4. The van der Waals surface area contributed by atoms with Crippen LogP contribution in [-0.4, -0.2) is 5.16 Å². The van der Waals surface area contributed by atoms with E-state index in [1.54, 1.807) is 0 Å². The maximum absolute atomic E-state index is 2.34. The summed E-state index contributed by atoms with van der Waals surface area (Å²) in [6.45, 7) is 7.01. The summed E-state index contributed by atoms with van der Waals surface area (Å²) in [7, 11) is 0. The van der Waals surface area contributed by atoms with Crippen LogP contribution in [0.15, 0.2) is 70.5 Å². The highest BCUT2D eigenvalue weighted by atomic mass is 33.1. The zero-order chi connectivity index (χ0) is 13.7. The van der Waals surface area contributed by atoms with Crippen LogP contribution in [0.1, 0.15) is 20.8 Å². The predicted molar refractivity (Wildman–Crippen MR) is 91.3 cm³/mol. The molecule has 0 aliphatic carbocycles. The Labute approximate surface area is 125 Å². The number of rotatable bonds is 4. The topological polar surface area (TPSA) is 0 Å². The van der Waals surface area contributed by atoms with Crippen molar-refractivity contribution < 1.29 is 0 Å². The average Bonchev–Trinajstić information content (AvgIpc) is 2.39. The molecule has 0 bridgehead atoms. The zero-order valence-corrected chi connectivity index (χ0v) is 14.1. The van der Waals surface area contributed by atoms with Crippen LogP contribution in [0.3, 0.4) is 0 Å². The van der Waals surface area contributed by atoms with Gasteiger partial charge in [-0.1, -0.05) is 79.9 Å². The van der Waals surface area contributed by atoms with Gasteiger partial charge >= 0.3 is 0 Å². The van der Waals surface area contributed by atoms with Gasteiger partial charge in [-0.25, -0.2) is 0 Å². The van der Waals surface area contributed by atoms with Crippen molar-refractivity contribution in [3.63, 3.8) is 0 Å². The summed E-state index contributed by atoms with van der Waals surface area (Å²) in [5.41, 5.74) is 0. The normalized spacial score (nSPS) is 11.8. The Morgan fingerprint density at radius 3 is 1.37 bits per heavy atom. The molecule has 100 valence electrons. The molecule has 0 atom stereocenters. The molecule has 0 heterocycles. The summed E-state index contributed by atoms with van der Waals surface area (Å²) in [6.07, 6.45) is -0.221. The molecule has 0 aromatic heterocycles. The number of hydrogen-bond acceptors (Lipinski definition) is 2. The highest BCUT2D eigenvalue weighted by Crippen LogP contribution is 2.72. The molecule has 3 heteroatoms. The molecule has 19 heavy (non-hydrogen) atoms. The SMILES string of the molecule is CC(C)(C)P(Sc1ccccc1)Sc1ccccc1. The van der Waals surface area contributed by atoms with Crippen molar-refractivity contribution in [3.8, 4) is 0 Å². The summed E-state index contributed by atoms with van der Waals surface area (Å²) >= 11 is 4.04. The van der Waals surface area contributed by atoms with Crippen LogP contribution in [0, 0.1) is 0 Å². The molecule has 0 nitrogen and oxygen atoms in total. The van der Waals surface area contributed by atoms with Gasteiger partial charge in [0, 0.05) is 21.3 Å². The van der Waals surface area contributed by atoms with E-state index in [2.05, 4.69) is 81.4 Å². The Balaban J connectivity index is 2.13. The highest BCUT2D eigenvalue weighted by molar-refractivity contribution is 8.88. The maximum atomic E-state index is 2.34. The molecule has 0 fully saturated rings. The van der Waals surface area contributed by atoms with Crippen LogP contribution in [0.2, 0.25) is 0 Å². The van der Waals surface area contributed by atoms with E-state index in [0.717, 1.165) is 0 Å². The van der Waals surface area contributed by atoms with Crippen molar-refractivity contribution in [2.24, 2.45) is 0 Å². The average molecular weight is 306 g/mol. The van der Waals surface area contributed by atoms with Crippen LogP contribution < -0.4 is 0 Å². The van der Waals surface area contributed by atoms with E-state index in [4.69, 9.17) is 0 Å². The van der Waals surface area contributed by atoms with Gasteiger partial charge in [-0.3, -0.25) is 0 Å². The van der Waals surface area contributed by atoms with Crippen molar-refractivity contribution in [3.05, 3.63) is 60.7 Å². The van der Waals surface area contributed by atoms with Gasteiger partial charge in [-0.05, 0) is 24.3 Å².